The number of nitrogens with zero attached hydrogens (tertiary/aromatic N) is 5. The van der Waals surface area contributed by atoms with Crippen molar-refractivity contribution in [3.63, 3.8) is 0 Å². The molecule has 0 spiro atoms. The van der Waals surface area contributed by atoms with Gasteiger partial charge in [0.05, 0.1) is 23.7 Å². The number of aryl methyl sites for hydroxylation is 2. The summed E-state index contributed by atoms with van der Waals surface area (Å²) in [6.07, 6.45) is 6.11. The summed E-state index contributed by atoms with van der Waals surface area (Å²) in [7, 11) is 0. The van der Waals surface area contributed by atoms with Gasteiger partial charge in [-0.1, -0.05) is 6.42 Å². The van der Waals surface area contributed by atoms with Crippen molar-refractivity contribution < 1.29 is 0 Å². The van der Waals surface area contributed by atoms with Gasteiger partial charge in [0.2, 0.25) is 0 Å². The maximum Gasteiger partial charge on any atom is 0.157 e. The number of azo groups is 1. The van der Waals surface area contributed by atoms with E-state index in [1.807, 2.05) is 19.1 Å². The van der Waals surface area contributed by atoms with E-state index in [0.717, 1.165) is 54.3 Å². The molecule has 0 aliphatic heterocycles. The van der Waals surface area contributed by atoms with Gasteiger partial charge in [-0.25, -0.2) is 0 Å². The zero-order valence-electron chi connectivity index (χ0n) is 16.5. The fourth-order valence-electron chi connectivity index (χ4n) is 3.62. The van der Waals surface area contributed by atoms with Crippen molar-refractivity contribution in [2.45, 2.75) is 52.4 Å². The minimum absolute atomic E-state index is 0.508. The minimum atomic E-state index is 0.508. The van der Waals surface area contributed by atoms with Gasteiger partial charge in [-0.2, -0.15) is 10.5 Å². The Morgan fingerprint density at radius 3 is 2.68 bits per heavy atom. The predicted octanol–water partition coefficient (Wildman–Crippen LogP) is 6.35. The molecule has 1 aromatic carbocycles. The van der Waals surface area contributed by atoms with E-state index in [-0.39, 0.29) is 0 Å². The third kappa shape index (κ3) is 4.40. The van der Waals surface area contributed by atoms with E-state index < -0.39 is 0 Å². The maximum atomic E-state index is 9.63. The minimum Gasteiger partial charge on any atom is -0.371 e. The van der Waals surface area contributed by atoms with Gasteiger partial charge in [0, 0.05) is 23.7 Å². The molecule has 1 aromatic heterocycles. The highest BCUT2D eigenvalue weighted by Gasteiger charge is 2.19. The lowest BCUT2D eigenvalue weighted by Crippen LogP contribution is -2.23. The molecule has 5 nitrogen and oxygen atoms in total. The highest BCUT2D eigenvalue weighted by molar-refractivity contribution is 7.16. The lowest BCUT2D eigenvalue weighted by Gasteiger charge is -2.22. The average molecular weight is 392 g/mol. The Morgan fingerprint density at radius 2 is 1.96 bits per heavy atom. The molecule has 0 bridgehead atoms. The zero-order valence-corrected chi connectivity index (χ0v) is 17.3. The first-order valence-corrected chi connectivity index (χ1v) is 10.7. The van der Waals surface area contributed by atoms with Crippen molar-refractivity contribution >= 4 is 27.7 Å². The van der Waals surface area contributed by atoms with E-state index in [4.69, 9.17) is 5.26 Å². The van der Waals surface area contributed by atoms with Crippen molar-refractivity contribution in [2.24, 2.45) is 10.2 Å². The maximum absolute atomic E-state index is 9.63. The average Bonchev–Trinajstić information content (AvgIpc) is 2.87. The van der Waals surface area contributed by atoms with Gasteiger partial charge >= 0.3 is 0 Å². The summed E-state index contributed by atoms with van der Waals surface area (Å²) < 4.78 is 0. The van der Waals surface area contributed by atoms with Crippen LogP contribution in [0.25, 0.3) is 0 Å². The lowest BCUT2D eigenvalue weighted by molar-refractivity contribution is 0.712. The largest absolute Gasteiger partial charge is 0.371 e. The number of rotatable bonds is 6. The van der Waals surface area contributed by atoms with Crippen molar-refractivity contribution in [2.75, 3.05) is 18.0 Å². The van der Waals surface area contributed by atoms with Gasteiger partial charge in [0.1, 0.15) is 6.07 Å². The van der Waals surface area contributed by atoms with Gasteiger partial charge in [-0.3, -0.25) is 0 Å². The van der Waals surface area contributed by atoms with Crippen LogP contribution in [0.3, 0.4) is 0 Å². The van der Waals surface area contributed by atoms with Crippen molar-refractivity contribution in [3.05, 3.63) is 39.8 Å². The van der Waals surface area contributed by atoms with Crippen molar-refractivity contribution in [1.29, 1.82) is 10.5 Å². The first-order chi connectivity index (χ1) is 13.7. The van der Waals surface area contributed by atoms with Crippen molar-refractivity contribution in [3.8, 4) is 12.1 Å². The fraction of sp³-hybridized carbons (Fsp3) is 0.455. The van der Waals surface area contributed by atoms with Crippen LogP contribution < -0.4 is 4.90 Å². The molecule has 0 amide bonds. The van der Waals surface area contributed by atoms with Gasteiger partial charge in [-0.15, -0.1) is 21.6 Å². The molecule has 3 rings (SSSR count). The van der Waals surface area contributed by atoms with Crippen LogP contribution >= 0.6 is 11.3 Å². The molecule has 0 saturated heterocycles. The molecule has 144 valence electrons. The van der Waals surface area contributed by atoms with Crippen LogP contribution in [0.2, 0.25) is 0 Å². The van der Waals surface area contributed by atoms with E-state index in [1.165, 1.54) is 23.3 Å². The topological polar surface area (TPSA) is 75.5 Å². The number of hydrogen-bond acceptors (Lipinski definition) is 6. The van der Waals surface area contributed by atoms with E-state index >= 15 is 0 Å². The predicted molar refractivity (Wildman–Crippen MR) is 114 cm³/mol. The summed E-state index contributed by atoms with van der Waals surface area (Å²) in [4.78, 5) is 3.49. The van der Waals surface area contributed by atoms with Crippen LogP contribution in [0, 0.1) is 29.6 Å². The molecule has 0 radical (unpaired) electrons. The Kier molecular flexibility index (Phi) is 6.79. The number of fused-ring (bicyclic) bond motifs is 1. The summed E-state index contributed by atoms with van der Waals surface area (Å²) >= 11 is 1.62. The Bertz CT molecular complexity index is 945. The van der Waals surface area contributed by atoms with Crippen LogP contribution in [0.4, 0.5) is 16.4 Å². The van der Waals surface area contributed by atoms with Crippen LogP contribution in [0.1, 0.15) is 54.2 Å². The summed E-state index contributed by atoms with van der Waals surface area (Å²) in [5.41, 5.74) is 4.85. The highest BCUT2D eigenvalue weighted by atomic mass is 32.1. The van der Waals surface area contributed by atoms with Crippen LogP contribution in [0.5, 0.6) is 0 Å². The second-order valence-electron chi connectivity index (χ2n) is 7.01. The van der Waals surface area contributed by atoms with Gasteiger partial charge in [0.15, 0.2) is 5.00 Å². The molecule has 0 atom stereocenters. The number of nitriles is 2. The smallest absolute Gasteiger partial charge is 0.157 e. The summed E-state index contributed by atoms with van der Waals surface area (Å²) in [6, 6.07) is 10.6. The highest BCUT2D eigenvalue weighted by Crippen LogP contribution is 2.39. The van der Waals surface area contributed by atoms with E-state index in [0.29, 0.717) is 12.0 Å². The van der Waals surface area contributed by atoms with Crippen LogP contribution in [0.15, 0.2) is 28.4 Å². The van der Waals surface area contributed by atoms with Crippen LogP contribution in [-0.2, 0) is 12.8 Å². The first-order valence-electron chi connectivity index (χ1n) is 9.86. The molecular weight excluding hydrogens is 366 g/mol. The molecule has 28 heavy (non-hydrogen) atoms. The molecular formula is C22H25N5S. The number of hydrogen-bond donors (Lipinski definition) is 0. The Balaban J connectivity index is 1.83. The molecule has 1 aliphatic rings. The van der Waals surface area contributed by atoms with E-state index in [2.05, 4.69) is 40.3 Å². The number of anilines is 1. The third-order valence-electron chi connectivity index (χ3n) is 5.18. The second-order valence-corrected chi connectivity index (χ2v) is 8.10. The summed E-state index contributed by atoms with van der Waals surface area (Å²) in [5, 5.41) is 28.1. The number of thiophene rings is 1. The zero-order chi connectivity index (χ0) is 19.9. The summed E-state index contributed by atoms with van der Waals surface area (Å²) in [5.74, 6) is 0. The van der Waals surface area contributed by atoms with Gasteiger partial charge in [-0.05, 0) is 68.9 Å². The number of benzene rings is 1. The Morgan fingerprint density at radius 1 is 1.14 bits per heavy atom. The Hall–Kier alpha value is -2.70. The van der Waals surface area contributed by atoms with Crippen LogP contribution in [-0.4, -0.2) is 13.1 Å². The molecule has 6 heteroatoms. The fourth-order valence-corrected chi connectivity index (χ4v) is 4.78. The van der Waals surface area contributed by atoms with Gasteiger partial charge in [0.25, 0.3) is 0 Å². The van der Waals surface area contributed by atoms with E-state index in [9.17, 15) is 5.26 Å². The molecule has 0 N–H and O–H groups in total. The third-order valence-corrected chi connectivity index (χ3v) is 6.36. The molecule has 0 fully saturated rings. The normalized spacial score (nSPS) is 13.6. The van der Waals surface area contributed by atoms with Crippen molar-refractivity contribution in [1.82, 2.24) is 0 Å². The summed E-state index contributed by atoms with van der Waals surface area (Å²) in [6.45, 7) is 5.68. The standard InChI is InChI=1S/C22H25N5S/c1-3-27(13-7-12-23)17-10-11-20(16(2)14-17)25-26-22-19(15-24)18-8-5-4-6-9-21(18)28-22/h10-11,14H,3-9,13H2,1-2H3. The van der Waals surface area contributed by atoms with E-state index in [1.54, 1.807) is 11.3 Å². The Labute approximate surface area is 170 Å². The molecule has 1 aliphatic carbocycles. The monoisotopic (exact) mass is 391 g/mol. The quantitative estimate of drug-likeness (QED) is 0.425. The second kappa shape index (κ2) is 9.48. The molecule has 0 unspecified atom stereocenters. The lowest BCUT2D eigenvalue weighted by atomic mass is 10.1. The molecule has 0 saturated carbocycles. The molecule has 2 aromatic rings. The molecule has 1 heterocycles. The van der Waals surface area contributed by atoms with Gasteiger partial charge < -0.3 is 4.90 Å². The SMILES string of the molecule is CCN(CCC#N)c1ccc(N=Nc2sc3c(c2C#N)CCCCC3)c(C)c1. The first kappa shape index (κ1) is 20.0.